The Labute approximate surface area is 185 Å². The van der Waals surface area contributed by atoms with Crippen molar-refractivity contribution in [3.8, 4) is 11.5 Å². The number of amides is 2. The molecular weight excluding hydrogens is 392 g/mol. The molecule has 0 radical (unpaired) electrons. The van der Waals surface area contributed by atoms with Gasteiger partial charge in [0.2, 0.25) is 5.91 Å². The molecule has 0 aromatic heterocycles. The van der Waals surface area contributed by atoms with Crippen molar-refractivity contribution in [1.82, 2.24) is 10.2 Å². The largest absolute Gasteiger partial charge is 0.497 e. The van der Waals surface area contributed by atoms with Gasteiger partial charge in [-0.15, -0.1) is 0 Å². The summed E-state index contributed by atoms with van der Waals surface area (Å²) in [5.74, 6) is 0.915. The molecule has 0 bridgehead atoms. The van der Waals surface area contributed by atoms with Crippen LogP contribution in [-0.4, -0.2) is 42.5 Å². The number of rotatable bonds is 11. The third kappa shape index (κ3) is 7.31. The van der Waals surface area contributed by atoms with Crippen LogP contribution in [0.4, 0.5) is 0 Å². The molecule has 0 spiro atoms. The third-order valence-corrected chi connectivity index (χ3v) is 5.28. The van der Waals surface area contributed by atoms with Gasteiger partial charge in [-0.3, -0.25) is 9.59 Å². The van der Waals surface area contributed by atoms with Gasteiger partial charge in [-0.25, -0.2) is 0 Å². The summed E-state index contributed by atoms with van der Waals surface area (Å²) >= 11 is 0. The van der Waals surface area contributed by atoms with Crippen LogP contribution in [0.3, 0.4) is 0 Å². The number of nitrogens with one attached hydrogen (secondary N) is 1. The normalized spacial score (nSPS) is 12.5. The van der Waals surface area contributed by atoms with Gasteiger partial charge in [0.1, 0.15) is 17.5 Å². The summed E-state index contributed by atoms with van der Waals surface area (Å²) in [7, 11) is 1.59. The standard InChI is InChI=1S/C25H34N2O4/c1-6-19(4)26-25(29)23(7-2)27(16-20-10-8-18(3)9-11-20)24(28)17-31-22-14-12-21(30-5)13-15-22/h8-15,19,23H,6-7,16-17H2,1-5H3,(H,26,29)/t19-,23+/m0/s1. The molecule has 0 fully saturated rings. The zero-order chi connectivity index (χ0) is 22.8. The van der Waals surface area contributed by atoms with Crippen molar-refractivity contribution in [2.45, 2.75) is 59.2 Å². The Bertz CT molecular complexity index is 834. The van der Waals surface area contributed by atoms with Gasteiger partial charge in [-0.1, -0.05) is 43.7 Å². The van der Waals surface area contributed by atoms with Gasteiger partial charge in [0.05, 0.1) is 7.11 Å². The average molecular weight is 427 g/mol. The number of hydrogen-bond donors (Lipinski definition) is 1. The zero-order valence-electron chi connectivity index (χ0n) is 19.2. The topological polar surface area (TPSA) is 67.9 Å². The lowest BCUT2D eigenvalue weighted by Crippen LogP contribution is -2.51. The van der Waals surface area contributed by atoms with Crippen molar-refractivity contribution < 1.29 is 19.1 Å². The lowest BCUT2D eigenvalue weighted by Gasteiger charge is -2.31. The number of carbonyl (C=O) groups excluding carboxylic acids is 2. The lowest BCUT2D eigenvalue weighted by molar-refractivity contribution is -0.143. The van der Waals surface area contributed by atoms with E-state index in [1.807, 2.05) is 52.0 Å². The molecular formula is C25H34N2O4. The molecule has 0 aliphatic carbocycles. The van der Waals surface area contributed by atoms with Crippen LogP contribution in [0.1, 0.15) is 44.7 Å². The van der Waals surface area contributed by atoms with Gasteiger partial charge in [0, 0.05) is 12.6 Å². The predicted molar refractivity (Wildman–Crippen MR) is 122 cm³/mol. The molecule has 168 valence electrons. The summed E-state index contributed by atoms with van der Waals surface area (Å²) in [5, 5.41) is 3.01. The first-order valence-electron chi connectivity index (χ1n) is 10.8. The van der Waals surface area contributed by atoms with Crippen molar-refractivity contribution in [1.29, 1.82) is 0 Å². The molecule has 0 saturated heterocycles. The number of hydrogen-bond acceptors (Lipinski definition) is 4. The monoisotopic (exact) mass is 426 g/mol. The first-order valence-corrected chi connectivity index (χ1v) is 10.8. The number of benzene rings is 2. The second kappa shape index (κ2) is 12.0. The molecule has 6 heteroatoms. The van der Waals surface area contributed by atoms with Crippen molar-refractivity contribution in [2.24, 2.45) is 0 Å². The van der Waals surface area contributed by atoms with E-state index in [1.165, 1.54) is 0 Å². The van der Waals surface area contributed by atoms with Crippen molar-refractivity contribution in [2.75, 3.05) is 13.7 Å². The molecule has 31 heavy (non-hydrogen) atoms. The summed E-state index contributed by atoms with van der Waals surface area (Å²) in [6.45, 7) is 8.11. The summed E-state index contributed by atoms with van der Waals surface area (Å²) in [4.78, 5) is 27.7. The minimum absolute atomic E-state index is 0.0495. The summed E-state index contributed by atoms with van der Waals surface area (Å²) in [6.07, 6.45) is 1.34. The number of ether oxygens (including phenoxy) is 2. The minimum atomic E-state index is -0.567. The highest BCUT2D eigenvalue weighted by Crippen LogP contribution is 2.18. The number of aryl methyl sites for hydroxylation is 1. The molecule has 2 aromatic rings. The van der Waals surface area contributed by atoms with Crippen LogP contribution in [0.15, 0.2) is 48.5 Å². The van der Waals surface area contributed by atoms with Gasteiger partial charge in [-0.2, -0.15) is 0 Å². The average Bonchev–Trinajstić information content (AvgIpc) is 2.78. The molecule has 0 saturated carbocycles. The Hall–Kier alpha value is -3.02. The second-order valence-electron chi connectivity index (χ2n) is 7.71. The minimum Gasteiger partial charge on any atom is -0.497 e. The maximum absolute atomic E-state index is 13.2. The van der Waals surface area contributed by atoms with Gasteiger partial charge < -0.3 is 19.7 Å². The molecule has 2 aromatic carbocycles. The number of carbonyl (C=O) groups is 2. The third-order valence-electron chi connectivity index (χ3n) is 5.28. The highest BCUT2D eigenvalue weighted by atomic mass is 16.5. The molecule has 2 amide bonds. The van der Waals surface area contributed by atoms with E-state index in [4.69, 9.17) is 9.47 Å². The quantitative estimate of drug-likeness (QED) is 0.587. The Kier molecular flexibility index (Phi) is 9.38. The van der Waals surface area contributed by atoms with Gasteiger partial charge in [0.25, 0.3) is 5.91 Å². The summed E-state index contributed by atoms with van der Waals surface area (Å²) in [6, 6.07) is 14.5. The van der Waals surface area contributed by atoms with E-state index in [9.17, 15) is 9.59 Å². The van der Waals surface area contributed by atoms with Crippen molar-refractivity contribution >= 4 is 11.8 Å². The number of methoxy groups -OCH3 is 1. The fraction of sp³-hybridized carbons (Fsp3) is 0.440. The Morgan fingerprint density at radius 2 is 1.58 bits per heavy atom. The maximum Gasteiger partial charge on any atom is 0.261 e. The summed E-state index contributed by atoms with van der Waals surface area (Å²) in [5.41, 5.74) is 2.12. The zero-order valence-corrected chi connectivity index (χ0v) is 19.2. The molecule has 2 atom stereocenters. The van der Waals surface area contributed by atoms with Crippen LogP contribution in [0.5, 0.6) is 11.5 Å². The van der Waals surface area contributed by atoms with Gasteiger partial charge >= 0.3 is 0 Å². The van der Waals surface area contributed by atoms with Crippen LogP contribution in [-0.2, 0) is 16.1 Å². The van der Waals surface area contributed by atoms with E-state index in [2.05, 4.69) is 5.32 Å². The Balaban J connectivity index is 2.18. The fourth-order valence-electron chi connectivity index (χ4n) is 3.15. The summed E-state index contributed by atoms with van der Waals surface area (Å²) < 4.78 is 10.8. The lowest BCUT2D eigenvalue weighted by atomic mass is 10.1. The van der Waals surface area contributed by atoms with Crippen LogP contribution in [0.25, 0.3) is 0 Å². The first-order chi connectivity index (χ1) is 14.9. The maximum atomic E-state index is 13.2. The number of nitrogens with zero attached hydrogens (tertiary/aromatic N) is 1. The fourth-order valence-corrected chi connectivity index (χ4v) is 3.15. The van der Waals surface area contributed by atoms with E-state index in [0.29, 0.717) is 24.5 Å². The molecule has 0 aliphatic rings. The molecule has 1 N–H and O–H groups in total. The van der Waals surface area contributed by atoms with Crippen LogP contribution in [0.2, 0.25) is 0 Å². The smallest absolute Gasteiger partial charge is 0.261 e. The SMILES string of the molecule is CC[C@H](C(=O)N[C@@H](C)CC)N(Cc1ccc(C)cc1)C(=O)COc1ccc(OC)cc1. The highest BCUT2D eigenvalue weighted by molar-refractivity contribution is 5.88. The van der Waals surface area contributed by atoms with E-state index in [0.717, 1.165) is 17.5 Å². The van der Waals surface area contributed by atoms with Crippen molar-refractivity contribution in [3.63, 3.8) is 0 Å². The Morgan fingerprint density at radius 3 is 2.13 bits per heavy atom. The molecule has 6 nitrogen and oxygen atoms in total. The van der Waals surface area contributed by atoms with Crippen LogP contribution < -0.4 is 14.8 Å². The van der Waals surface area contributed by atoms with E-state index in [1.54, 1.807) is 36.3 Å². The van der Waals surface area contributed by atoms with E-state index >= 15 is 0 Å². The van der Waals surface area contributed by atoms with Crippen LogP contribution >= 0.6 is 0 Å². The molecule has 0 unspecified atom stereocenters. The van der Waals surface area contributed by atoms with E-state index < -0.39 is 6.04 Å². The predicted octanol–water partition coefficient (Wildman–Crippen LogP) is 4.10. The molecule has 0 heterocycles. The van der Waals surface area contributed by atoms with Gasteiger partial charge in [0.15, 0.2) is 6.61 Å². The molecule has 2 rings (SSSR count). The second-order valence-corrected chi connectivity index (χ2v) is 7.71. The highest BCUT2D eigenvalue weighted by Gasteiger charge is 2.29. The van der Waals surface area contributed by atoms with Crippen molar-refractivity contribution in [3.05, 3.63) is 59.7 Å². The Morgan fingerprint density at radius 1 is 0.968 bits per heavy atom. The van der Waals surface area contributed by atoms with Crippen LogP contribution in [0, 0.1) is 6.92 Å². The molecule has 0 aliphatic heterocycles. The van der Waals surface area contributed by atoms with Gasteiger partial charge in [-0.05, 0) is 56.5 Å². The first kappa shape index (κ1) is 24.3. The van der Waals surface area contributed by atoms with E-state index in [-0.39, 0.29) is 24.5 Å².